The van der Waals surface area contributed by atoms with E-state index in [2.05, 4.69) is 0 Å². The number of aliphatic hydroxyl groups is 1. The molecule has 0 amide bonds. The molecule has 1 aliphatic rings. The molecular formula is C18H26O5. The summed E-state index contributed by atoms with van der Waals surface area (Å²) < 4.78 is 22.7. The number of methoxy groups -OCH3 is 1. The monoisotopic (exact) mass is 322 g/mol. The molecule has 128 valence electrons. The summed E-state index contributed by atoms with van der Waals surface area (Å²) in [5, 5.41) is 8.89. The Balaban J connectivity index is 1.94. The average Bonchev–Trinajstić information content (AvgIpc) is 2.91. The lowest BCUT2D eigenvalue weighted by Gasteiger charge is -2.24. The van der Waals surface area contributed by atoms with Crippen molar-refractivity contribution < 1.29 is 24.1 Å². The highest BCUT2D eigenvalue weighted by Gasteiger charge is 2.37. The predicted octanol–water partition coefficient (Wildman–Crippen LogP) is 2.67. The summed E-state index contributed by atoms with van der Waals surface area (Å²) in [6, 6.07) is 7.79. The minimum absolute atomic E-state index is 0.0265. The van der Waals surface area contributed by atoms with Crippen molar-refractivity contribution >= 4 is 0 Å². The predicted molar refractivity (Wildman–Crippen MR) is 87.3 cm³/mol. The third kappa shape index (κ3) is 5.62. The van der Waals surface area contributed by atoms with Crippen molar-refractivity contribution in [2.45, 2.75) is 44.9 Å². The first-order valence-corrected chi connectivity index (χ1v) is 7.86. The van der Waals surface area contributed by atoms with Crippen LogP contribution in [0.5, 0.6) is 5.75 Å². The summed E-state index contributed by atoms with van der Waals surface area (Å²) in [7, 11) is 1.65. The third-order valence-corrected chi connectivity index (χ3v) is 3.71. The molecule has 2 unspecified atom stereocenters. The van der Waals surface area contributed by atoms with Crippen molar-refractivity contribution in [3.63, 3.8) is 0 Å². The van der Waals surface area contributed by atoms with E-state index in [4.69, 9.17) is 24.1 Å². The molecule has 23 heavy (non-hydrogen) atoms. The maximum absolute atomic E-state index is 8.89. The molecule has 1 N–H and O–H groups in total. The van der Waals surface area contributed by atoms with Gasteiger partial charge in [0.05, 0.1) is 33.0 Å². The quantitative estimate of drug-likeness (QED) is 0.746. The van der Waals surface area contributed by atoms with Crippen LogP contribution < -0.4 is 4.74 Å². The van der Waals surface area contributed by atoms with Gasteiger partial charge in [0.2, 0.25) is 0 Å². The zero-order chi connectivity index (χ0) is 16.7. The fourth-order valence-electron chi connectivity index (χ4n) is 2.46. The van der Waals surface area contributed by atoms with Crippen molar-refractivity contribution in [1.82, 2.24) is 0 Å². The summed E-state index contributed by atoms with van der Waals surface area (Å²) in [6.07, 6.45) is 4.05. The van der Waals surface area contributed by atoms with Crippen LogP contribution in [-0.4, -0.2) is 43.4 Å². The SMILES string of the molecule is COc1ccc(COC(C/C=C/CO)C2COC(C)(C)O2)cc1. The van der Waals surface area contributed by atoms with Crippen LogP contribution in [0.2, 0.25) is 0 Å². The van der Waals surface area contributed by atoms with Gasteiger partial charge in [-0.3, -0.25) is 0 Å². The first-order valence-electron chi connectivity index (χ1n) is 7.86. The number of rotatable bonds is 8. The van der Waals surface area contributed by atoms with Crippen LogP contribution in [0.15, 0.2) is 36.4 Å². The molecule has 0 aliphatic carbocycles. The number of aliphatic hydroxyl groups excluding tert-OH is 1. The van der Waals surface area contributed by atoms with Crippen LogP contribution in [-0.2, 0) is 20.8 Å². The van der Waals surface area contributed by atoms with Gasteiger partial charge in [-0.2, -0.15) is 0 Å². The molecule has 0 bridgehead atoms. The number of hydrogen-bond donors (Lipinski definition) is 1. The molecule has 2 rings (SSSR count). The molecule has 1 fully saturated rings. The Morgan fingerprint density at radius 2 is 2.04 bits per heavy atom. The van der Waals surface area contributed by atoms with Crippen molar-refractivity contribution in [3.8, 4) is 5.75 Å². The first-order chi connectivity index (χ1) is 11.0. The zero-order valence-corrected chi connectivity index (χ0v) is 14.0. The lowest BCUT2D eigenvalue weighted by Crippen LogP contribution is -2.32. The van der Waals surface area contributed by atoms with E-state index in [-0.39, 0.29) is 18.8 Å². The Kier molecular flexibility index (Phi) is 6.59. The maximum Gasteiger partial charge on any atom is 0.163 e. The van der Waals surface area contributed by atoms with Gasteiger partial charge in [-0.05, 0) is 38.0 Å². The summed E-state index contributed by atoms with van der Waals surface area (Å²) in [4.78, 5) is 0. The summed E-state index contributed by atoms with van der Waals surface area (Å²) >= 11 is 0. The number of hydrogen-bond acceptors (Lipinski definition) is 5. The Morgan fingerprint density at radius 3 is 2.61 bits per heavy atom. The second kappa shape index (κ2) is 8.45. The second-order valence-electron chi connectivity index (χ2n) is 5.95. The molecule has 1 aromatic carbocycles. The van der Waals surface area contributed by atoms with Crippen molar-refractivity contribution in [2.75, 3.05) is 20.3 Å². The molecule has 5 heteroatoms. The average molecular weight is 322 g/mol. The summed E-state index contributed by atoms with van der Waals surface area (Å²) in [5.74, 6) is 0.248. The molecule has 0 saturated carbocycles. The zero-order valence-electron chi connectivity index (χ0n) is 14.0. The molecule has 0 aromatic heterocycles. The van der Waals surface area contributed by atoms with Gasteiger partial charge < -0.3 is 24.1 Å². The Hall–Kier alpha value is -1.40. The van der Waals surface area contributed by atoms with Crippen LogP contribution in [0.3, 0.4) is 0 Å². The minimum Gasteiger partial charge on any atom is -0.497 e. The smallest absolute Gasteiger partial charge is 0.163 e. The molecular weight excluding hydrogens is 296 g/mol. The van der Waals surface area contributed by atoms with Crippen LogP contribution >= 0.6 is 0 Å². The molecule has 1 aromatic rings. The summed E-state index contributed by atoms with van der Waals surface area (Å²) in [6.45, 7) is 4.82. The highest BCUT2D eigenvalue weighted by atomic mass is 16.7. The Labute approximate surface area is 137 Å². The molecule has 1 saturated heterocycles. The van der Waals surface area contributed by atoms with Gasteiger partial charge in [-0.15, -0.1) is 0 Å². The van der Waals surface area contributed by atoms with Crippen LogP contribution in [0, 0.1) is 0 Å². The second-order valence-corrected chi connectivity index (χ2v) is 5.95. The maximum atomic E-state index is 8.89. The Morgan fingerprint density at radius 1 is 1.30 bits per heavy atom. The molecule has 1 heterocycles. The van der Waals surface area contributed by atoms with Crippen LogP contribution in [0.4, 0.5) is 0 Å². The van der Waals surface area contributed by atoms with Crippen LogP contribution in [0.25, 0.3) is 0 Å². The van der Waals surface area contributed by atoms with E-state index < -0.39 is 5.79 Å². The van der Waals surface area contributed by atoms with Crippen molar-refractivity contribution in [2.24, 2.45) is 0 Å². The lowest BCUT2D eigenvalue weighted by molar-refractivity contribution is -0.157. The molecule has 0 spiro atoms. The fourth-order valence-corrected chi connectivity index (χ4v) is 2.46. The van der Waals surface area contributed by atoms with Gasteiger partial charge in [0.25, 0.3) is 0 Å². The van der Waals surface area contributed by atoms with E-state index in [0.29, 0.717) is 19.6 Å². The van der Waals surface area contributed by atoms with E-state index in [9.17, 15) is 0 Å². The summed E-state index contributed by atoms with van der Waals surface area (Å²) in [5.41, 5.74) is 1.07. The molecule has 5 nitrogen and oxygen atoms in total. The number of benzene rings is 1. The topological polar surface area (TPSA) is 57.2 Å². The van der Waals surface area contributed by atoms with Crippen molar-refractivity contribution in [3.05, 3.63) is 42.0 Å². The van der Waals surface area contributed by atoms with Gasteiger partial charge in [0.1, 0.15) is 11.9 Å². The molecule has 1 aliphatic heterocycles. The van der Waals surface area contributed by atoms with E-state index in [1.807, 2.05) is 44.2 Å². The standard InChI is InChI=1S/C18H26O5/c1-18(2)22-13-17(23-18)16(6-4-5-11-19)21-12-14-7-9-15(20-3)10-8-14/h4-5,7-10,16-17,19H,6,11-13H2,1-3H3/b5-4+. The van der Waals surface area contributed by atoms with Gasteiger partial charge >= 0.3 is 0 Å². The highest BCUT2D eigenvalue weighted by Crippen LogP contribution is 2.27. The Bertz CT molecular complexity index is 495. The minimum atomic E-state index is -0.576. The van der Waals surface area contributed by atoms with Crippen molar-refractivity contribution in [1.29, 1.82) is 0 Å². The largest absolute Gasteiger partial charge is 0.497 e. The van der Waals surface area contributed by atoms with E-state index >= 15 is 0 Å². The van der Waals surface area contributed by atoms with Crippen LogP contribution in [0.1, 0.15) is 25.8 Å². The molecule has 2 atom stereocenters. The first kappa shape index (κ1) is 17.9. The van der Waals surface area contributed by atoms with Gasteiger partial charge in [-0.25, -0.2) is 0 Å². The third-order valence-electron chi connectivity index (χ3n) is 3.71. The lowest BCUT2D eigenvalue weighted by atomic mass is 10.1. The number of ether oxygens (including phenoxy) is 4. The van der Waals surface area contributed by atoms with E-state index in [0.717, 1.165) is 11.3 Å². The highest BCUT2D eigenvalue weighted by molar-refractivity contribution is 5.26. The van der Waals surface area contributed by atoms with E-state index in [1.54, 1.807) is 13.2 Å². The molecule has 0 radical (unpaired) electrons. The van der Waals surface area contributed by atoms with Gasteiger partial charge in [0.15, 0.2) is 5.79 Å². The van der Waals surface area contributed by atoms with E-state index in [1.165, 1.54) is 0 Å². The van der Waals surface area contributed by atoms with Gasteiger partial charge in [-0.1, -0.05) is 24.3 Å². The normalized spacial score (nSPS) is 21.7. The fraction of sp³-hybridized carbons (Fsp3) is 0.556. The van der Waals surface area contributed by atoms with Gasteiger partial charge in [0, 0.05) is 0 Å².